The lowest BCUT2D eigenvalue weighted by molar-refractivity contribution is 0.0954. The highest BCUT2D eigenvalue weighted by Gasteiger charge is 2.16. The third-order valence-corrected chi connectivity index (χ3v) is 5.87. The smallest absolute Gasteiger partial charge is 0.281 e. The molecule has 0 saturated carbocycles. The molecule has 0 spiro atoms. The fraction of sp³-hybridized carbons (Fsp3) is 0.154. The topological polar surface area (TPSA) is 111 Å². The van der Waals surface area contributed by atoms with Crippen LogP contribution in [0.2, 0.25) is 0 Å². The summed E-state index contributed by atoms with van der Waals surface area (Å²) in [5.74, 6) is 0.539. The molecule has 2 aromatic heterocycles. The summed E-state index contributed by atoms with van der Waals surface area (Å²) in [5.41, 5.74) is 2.37. The van der Waals surface area contributed by atoms with Gasteiger partial charge in [-0.2, -0.15) is 10.1 Å². The molecule has 182 valence electrons. The number of aromatic amines is 1. The van der Waals surface area contributed by atoms with Crippen molar-refractivity contribution in [1.82, 2.24) is 25.1 Å². The molecule has 3 aromatic carbocycles. The van der Waals surface area contributed by atoms with Crippen LogP contribution >= 0.6 is 0 Å². The van der Waals surface area contributed by atoms with Gasteiger partial charge in [0.2, 0.25) is 0 Å². The van der Waals surface area contributed by atoms with E-state index in [1.807, 2.05) is 18.2 Å². The van der Waals surface area contributed by atoms with Crippen LogP contribution in [0.25, 0.3) is 27.8 Å². The molecule has 2 N–H and O–H groups in total. The zero-order valence-electron chi connectivity index (χ0n) is 19.5. The van der Waals surface area contributed by atoms with Crippen LogP contribution in [-0.4, -0.2) is 46.5 Å². The number of benzene rings is 3. The number of carbonyl (C=O) groups excluding carboxylic acids is 1. The highest BCUT2D eigenvalue weighted by atomic mass is 19.1. The van der Waals surface area contributed by atoms with Gasteiger partial charge in [0.25, 0.3) is 11.5 Å². The SMILES string of the molecule is COc1ccc(CCNC(=O)c2ccc3c(=O)nc4c(-c5cccc(F)c5)n[nH]n4c3c2)cc1OC. The molecule has 36 heavy (non-hydrogen) atoms. The van der Waals surface area contributed by atoms with Gasteiger partial charge < -0.3 is 14.8 Å². The normalized spacial score (nSPS) is 11.1. The minimum Gasteiger partial charge on any atom is -0.493 e. The van der Waals surface area contributed by atoms with Gasteiger partial charge in [0.05, 0.1) is 25.1 Å². The molecule has 5 aromatic rings. The Bertz CT molecular complexity index is 1660. The van der Waals surface area contributed by atoms with Crippen LogP contribution in [0.3, 0.4) is 0 Å². The minimum atomic E-state index is -0.468. The number of ether oxygens (including phenoxy) is 2. The summed E-state index contributed by atoms with van der Waals surface area (Å²) < 4.78 is 25.8. The van der Waals surface area contributed by atoms with Crippen molar-refractivity contribution in [2.45, 2.75) is 6.42 Å². The second-order valence-corrected chi connectivity index (χ2v) is 8.07. The number of H-pyrrole nitrogens is 1. The maximum Gasteiger partial charge on any atom is 0.281 e. The number of aromatic nitrogens is 4. The molecule has 0 aliphatic carbocycles. The van der Waals surface area contributed by atoms with Gasteiger partial charge in [0.1, 0.15) is 11.5 Å². The second-order valence-electron chi connectivity index (χ2n) is 8.07. The van der Waals surface area contributed by atoms with E-state index in [4.69, 9.17) is 9.47 Å². The Hall–Kier alpha value is -4.73. The number of nitrogens with one attached hydrogen (secondary N) is 2. The van der Waals surface area contributed by atoms with E-state index in [0.29, 0.717) is 52.2 Å². The van der Waals surface area contributed by atoms with Crippen molar-refractivity contribution in [3.8, 4) is 22.8 Å². The van der Waals surface area contributed by atoms with Crippen molar-refractivity contribution in [2.75, 3.05) is 20.8 Å². The van der Waals surface area contributed by atoms with E-state index >= 15 is 0 Å². The lowest BCUT2D eigenvalue weighted by Gasteiger charge is -2.10. The number of amides is 1. The van der Waals surface area contributed by atoms with Crippen molar-refractivity contribution < 1.29 is 18.7 Å². The van der Waals surface area contributed by atoms with Gasteiger partial charge in [-0.15, -0.1) is 0 Å². The van der Waals surface area contributed by atoms with Crippen LogP contribution < -0.4 is 20.3 Å². The summed E-state index contributed by atoms with van der Waals surface area (Å²) in [7, 11) is 3.15. The molecule has 2 heterocycles. The number of methoxy groups -OCH3 is 2. The van der Waals surface area contributed by atoms with Crippen molar-refractivity contribution >= 4 is 22.5 Å². The first-order valence-corrected chi connectivity index (χ1v) is 11.1. The van der Waals surface area contributed by atoms with Gasteiger partial charge in [0.15, 0.2) is 17.1 Å². The number of rotatable bonds is 7. The molecule has 0 bridgehead atoms. The Kier molecular flexibility index (Phi) is 6.07. The molecular weight excluding hydrogens is 465 g/mol. The molecule has 1 amide bonds. The molecule has 0 saturated heterocycles. The average molecular weight is 487 g/mol. The van der Waals surface area contributed by atoms with Crippen LogP contribution in [0, 0.1) is 5.82 Å². The third kappa shape index (κ3) is 4.24. The van der Waals surface area contributed by atoms with Crippen molar-refractivity contribution in [2.24, 2.45) is 0 Å². The first-order valence-electron chi connectivity index (χ1n) is 11.1. The number of hydrogen-bond acceptors (Lipinski definition) is 6. The minimum absolute atomic E-state index is 0.240. The Morgan fingerprint density at radius 3 is 2.67 bits per heavy atom. The highest BCUT2D eigenvalue weighted by Crippen LogP contribution is 2.27. The Balaban J connectivity index is 1.41. The number of nitrogens with zero attached hydrogens (tertiary/aromatic N) is 3. The number of fused-ring (bicyclic) bond motifs is 3. The maximum absolute atomic E-state index is 13.7. The van der Waals surface area contributed by atoms with E-state index in [1.54, 1.807) is 44.6 Å². The molecule has 0 unspecified atom stereocenters. The molecule has 5 rings (SSSR count). The lowest BCUT2D eigenvalue weighted by atomic mass is 10.1. The van der Waals surface area contributed by atoms with E-state index in [-0.39, 0.29) is 11.6 Å². The largest absolute Gasteiger partial charge is 0.493 e. The van der Waals surface area contributed by atoms with E-state index < -0.39 is 11.4 Å². The zero-order valence-corrected chi connectivity index (χ0v) is 19.5. The van der Waals surface area contributed by atoms with Gasteiger partial charge in [-0.25, -0.2) is 14.1 Å². The predicted octanol–water partition coefficient (Wildman–Crippen LogP) is 3.37. The van der Waals surface area contributed by atoms with Crippen LogP contribution in [0.4, 0.5) is 4.39 Å². The monoisotopic (exact) mass is 487 g/mol. The highest BCUT2D eigenvalue weighted by molar-refractivity contribution is 5.98. The third-order valence-electron chi connectivity index (χ3n) is 5.87. The Morgan fingerprint density at radius 1 is 1.06 bits per heavy atom. The van der Waals surface area contributed by atoms with Crippen molar-refractivity contribution in [1.29, 1.82) is 0 Å². The summed E-state index contributed by atoms with van der Waals surface area (Å²) in [6.07, 6.45) is 0.588. The van der Waals surface area contributed by atoms with Gasteiger partial charge in [-0.3, -0.25) is 9.59 Å². The fourth-order valence-corrected chi connectivity index (χ4v) is 4.06. The standard InChI is InChI=1S/C26H22FN5O4/c1-35-21-9-6-15(12-22(21)36-2)10-11-28-25(33)17-7-8-19-20(14-17)32-24(29-26(19)34)23(30-31-32)16-4-3-5-18(27)13-16/h3-9,12-14,31H,10-11H2,1-2H3,(H,28,33). The van der Waals surface area contributed by atoms with E-state index in [1.165, 1.54) is 16.6 Å². The predicted molar refractivity (Wildman–Crippen MR) is 132 cm³/mol. The molecule has 0 fully saturated rings. The summed E-state index contributed by atoms with van der Waals surface area (Å²) in [6, 6.07) is 16.2. The number of hydrogen-bond donors (Lipinski definition) is 2. The fourth-order valence-electron chi connectivity index (χ4n) is 4.06. The Labute approximate surface area is 204 Å². The first kappa shape index (κ1) is 23.0. The number of carbonyl (C=O) groups is 1. The van der Waals surface area contributed by atoms with Gasteiger partial charge in [-0.05, 0) is 54.4 Å². The maximum atomic E-state index is 13.7. The summed E-state index contributed by atoms with van der Waals surface area (Å²) in [6.45, 7) is 0.395. The van der Waals surface area contributed by atoms with Gasteiger partial charge >= 0.3 is 0 Å². The summed E-state index contributed by atoms with van der Waals surface area (Å²) in [4.78, 5) is 29.7. The second kappa shape index (κ2) is 9.49. The lowest BCUT2D eigenvalue weighted by Crippen LogP contribution is -2.26. The van der Waals surface area contributed by atoms with Crippen molar-refractivity contribution in [3.05, 3.63) is 88.0 Å². The van der Waals surface area contributed by atoms with Crippen LogP contribution in [0.1, 0.15) is 15.9 Å². The van der Waals surface area contributed by atoms with Gasteiger partial charge in [0, 0.05) is 17.7 Å². The quantitative estimate of drug-likeness (QED) is 0.364. The average Bonchev–Trinajstić information content (AvgIpc) is 3.32. The van der Waals surface area contributed by atoms with Gasteiger partial charge in [-0.1, -0.05) is 18.2 Å². The van der Waals surface area contributed by atoms with E-state index in [9.17, 15) is 14.0 Å². The first-order chi connectivity index (χ1) is 17.5. The molecule has 9 nitrogen and oxygen atoms in total. The molecule has 0 atom stereocenters. The molecule has 10 heteroatoms. The molecular formula is C26H22FN5O4. The molecule has 0 aliphatic heterocycles. The summed E-state index contributed by atoms with van der Waals surface area (Å²) in [5, 5.41) is 10.3. The Morgan fingerprint density at radius 2 is 1.89 bits per heavy atom. The zero-order chi connectivity index (χ0) is 25.2. The van der Waals surface area contributed by atoms with Crippen LogP contribution in [0.15, 0.2) is 65.5 Å². The summed E-state index contributed by atoms with van der Waals surface area (Å²) >= 11 is 0. The number of halogens is 1. The molecule has 0 aliphatic rings. The van der Waals surface area contributed by atoms with E-state index in [0.717, 1.165) is 5.56 Å². The van der Waals surface area contributed by atoms with Crippen LogP contribution in [-0.2, 0) is 6.42 Å². The molecule has 0 radical (unpaired) electrons. The van der Waals surface area contributed by atoms with E-state index in [2.05, 4.69) is 20.6 Å². The van der Waals surface area contributed by atoms with Crippen LogP contribution in [0.5, 0.6) is 11.5 Å². The van der Waals surface area contributed by atoms with Crippen molar-refractivity contribution in [3.63, 3.8) is 0 Å².